The van der Waals surface area contributed by atoms with Crippen LogP contribution < -0.4 is 4.74 Å². The van der Waals surface area contributed by atoms with Crippen molar-refractivity contribution in [1.82, 2.24) is 0 Å². The van der Waals surface area contributed by atoms with Crippen LogP contribution in [0, 0.1) is 0 Å². The number of carbonyl (C=O) groups is 2. The van der Waals surface area contributed by atoms with Gasteiger partial charge in [0, 0.05) is 17.0 Å². The van der Waals surface area contributed by atoms with E-state index in [-0.39, 0.29) is 37.3 Å². The van der Waals surface area contributed by atoms with Crippen molar-refractivity contribution in [2.45, 2.75) is 6.42 Å². The third-order valence-corrected chi connectivity index (χ3v) is 3.26. The third kappa shape index (κ3) is 5.42. The summed E-state index contributed by atoms with van der Waals surface area (Å²) in [6, 6.07) is 16.0. The van der Waals surface area contributed by atoms with Gasteiger partial charge in [-0.25, -0.2) is 0 Å². The summed E-state index contributed by atoms with van der Waals surface area (Å²) in [6.45, 7) is 0.417. The lowest BCUT2D eigenvalue weighted by molar-refractivity contribution is -0.143. The van der Waals surface area contributed by atoms with Crippen LogP contribution in [0.1, 0.15) is 22.3 Å². The van der Waals surface area contributed by atoms with Crippen molar-refractivity contribution < 1.29 is 19.1 Å². The smallest absolute Gasteiger partial charge is 0.307 e. The van der Waals surface area contributed by atoms with Crippen LogP contribution in [0.2, 0.25) is 0 Å². The Morgan fingerprint density at radius 1 is 0.870 bits per heavy atom. The van der Waals surface area contributed by atoms with Crippen LogP contribution in [0.5, 0.6) is 5.75 Å². The summed E-state index contributed by atoms with van der Waals surface area (Å²) in [7, 11) is 0. The van der Waals surface area contributed by atoms with E-state index >= 15 is 0 Å². The molecule has 2 aromatic carbocycles. The van der Waals surface area contributed by atoms with Crippen LogP contribution in [0.25, 0.3) is 0 Å². The van der Waals surface area contributed by atoms with Gasteiger partial charge >= 0.3 is 5.97 Å². The maximum absolute atomic E-state index is 12.2. The van der Waals surface area contributed by atoms with E-state index in [1.54, 1.807) is 36.4 Å². The molecule has 0 spiro atoms. The Hall–Kier alpha value is -2.33. The molecule has 0 saturated heterocycles. The van der Waals surface area contributed by atoms with E-state index in [2.05, 4.69) is 0 Å². The molecule has 0 amide bonds. The number of alkyl halides is 1. The summed E-state index contributed by atoms with van der Waals surface area (Å²) >= 11 is 5.43. The maximum Gasteiger partial charge on any atom is 0.307 e. The zero-order valence-electron chi connectivity index (χ0n) is 12.5. The fourth-order valence-corrected chi connectivity index (χ4v) is 2.08. The lowest BCUT2D eigenvalue weighted by Crippen LogP contribution is -2.12. The number of ketones is 1. The second-order valence-electron chi connectivity index (χ2n) is 4.73. The summed E-state index contributed by atoms with van der Waals surface area (Å²) < 4.78 is 10.4. The molecule has 0 heterocycles. The number of benzene rings is 2. The molecule has 0 unspecified atom stereocenters. The molecule has 0 aliphatic heterocycles. The summed E-state index contributed by atoms with van der Waals surface area (Å²) in [5.74, 6) is 0.485. The normalized spacial score (nSPS) is 10.1. The number of hydrogen-bond donors (Lipinski definition) is 0. The first-order valence-electron chi connectivity index (χ1n) is 7.25. The Kier molecular flexibility index (Phi) is 6.63. The number of halogens is 1. The van der Waals surface area contributed by atoms with Gasteiger partial charge in [-0.2, -0.15) is 0 Å². The highest BCUT2D eigenvalue weighted by Gasteiger charge is 2.08. The van der Waals surface area contributed by atoms with E-state index < -0.39 is 0 Å². The minimum atomic E-state index is -0.340. The van der Waals surface area contributed by atoms with Crippen LogP contribution in [-0.2, 0) is 9.53 Å². The minimum Gasteiger partial charge on any atom is -0.490 e. The Bertz CT molecular complexity index is 638. The van der Waals surface area contributed by atoms with Crippen molar-refractivity contribution in [3.05, 3.63) is 65.7 Å². The fourth-order valence-electron chi connectivity index (χ4n) is 1.92. The molecule has 120 valence electrons. The van der Waals surface area contributed by atoms with E-state index in [0.29, 0.717) is 16.9 Å². The molecule has 0 bridgehead atoms. The molecular formula is C18H17ClO4. The minimum absolute atomic E-state index is 0.0350. The summed E-state index contributed by atoms with van der Waals surface area (Å²) in [4.78, 5) is 23.4. The van der Waals surface area contributed by atoms with E-state index in [0.717, 1.165) is 0 Å². The molecule has 0 aliphatic carbocycles. The van der Waals surface area contributed by atoms with E-state index in [9.17, 15) is 9.59 Å². The van der Waals surface area contributed by atoms with Gasteiger partial charge in [-0.3, -0.25) is 9.59 Å². The number of rotatable bonds is 8. The molecule has 5 heteroatoms. The van der Waals surface area contributed by atoms with E-state index in [1.807, 2.05) is 18.2 Å². The van der Waals surface area contributed by atoms with Gasteiger partial charge in [-0.1, -0.05) is 30.3 Å². The predicted octanol–water partition coefficient (Wildman–Crippen LogP) is 3.47. The number of carbonyl (C=O) groups excluding carboxylic acids is 2. The average Bonchev–Trinajstić information content (AvgIpc) is 2.60. The Morgan fingerprint density at radius 3 is 2.17 bits per heavy atom. The van der Waals surface area contributed by atoms with E-state index in [1.165, 1.54) is 0 Å². The number of esters is 1. The van der Waals surface area contributed by atoms with Crippen LogP contribution in [-0.4, -0.2) is 30.8 Å². The van der Waals surface area contributed by atoms with Crippen molar-refractivity contribution >= 4 is 23.4 Å². The van der Waals surface area contributed by atoms with Gasteiger partial charge in [-0.05, 0) is 24.3 Å². The molecule has 0 radical (unpaired) electrons. The lowest BCUT2D eigenvalue weighted by atomic mass is 10.0. The Morgan fingerprint density at radius 2 is 1.52 bits per heavy atom. The predicted molar refractivity (Wildman–Crippen MR) is 88.1 cm³/mol. The van der Waals surface area contributed by atoms with Crippen LogP contribution >= 0.6 is 11.6 Å². The molecule has 2 aromatic rings. The van der Waals surface area contributed by atoms with Crippen molar-refractivity contribution in [1.29, 1.82) is 0 Å². The third-order valence-electron chi connectivity index (χ3n) is 3.07. The summed E-state index contributed by atoms with van der Waals surface area (Å²) in [6.07, 6.45) is 0.192. The van der Waals surface area contributed by atoms with Gasteiger partial charge in [0.2, 0.25) is 0 Å². The maximum atomic E-state index is 12.2. The molecule has 0 saturated carbocycles. The van der Waals surface area contributed by atoms with Gasteiger partial charge in [0.1, 0.15) is 19.0 Å². The molecule has 2 rings (SSSR count). The largest absolute Gasteiger partial charge is 0.490 e. The molecule has 0 N–H and O–H groups in total. The van der Waals surface area contributed by atoms with Crippen molar-refractivity contribution in [2.24, 2.45) is 0 Å². The zero-order chi connectivity index (χ0) is 16.5. The molecule has 4 nitrogen and oxygen atoms in total. The SMILES string of the molecule is O=C(CCCl)OCCOc1ccc(C(=O)c2ccccc2)cc1. The average molecular weight is 333 g/mol. The van der Waals surface area contributed by atoms with Gasteiger partial charge < -0.3 is 9.47 Å². The highest BCUT2D eigenvalue weighted by atomic mass is 35.5. The fraction of sp³-hybridized carbons (Fsp3) is 0.222. The molecule has 0 aliphatic rings. The quantitative estimate of drug-likeness (QED) is 0.321. The first-order chi connectivity index (χ1) is 11.2. The number of ether oxygens (including phenoxy) is 2. The van der Waals surface area contributed by atoms with Crippen LogP contribution in [0.4, 0.5) is 0 Å². The van der Waals surface area contributed by atoms with Gasteiger partial charge in [0.25, 0.3) is 0 Å². The topological polar surface area (TPSA) is 52.6 Å². The molecule has 0 atom stereocenters. The Labute approximate surface area is 140 Å². The highest BCUT2D eigenvalue weighted by molar-refractivity contribution is 6.18. The highest BCUT2D eigenvalue weighted by Crippen LogP contribution is 2.15. The first kappa shape index (κ1) is 17.0. The standard InChI is InChI=1S/C18H17ClO4/c19-11-10-17(20)23-13-12-22-16-8-6-15(7-9-16)18(21)14-4-2-1-3-5-14/h1-9H,10-13H2. The molecule has 0 fully saturated rings. The molecule has 0 aromatic heterocycles. The summed E-state index contributed by atoms with van der Waals surface area (Å²) in [5.41, 5.74) is 1.24. The Balaban J connectivity index is 1.83. The zero-order valence-corrected chi connectivity index (χ0v) is 13.3. The van der Waals surface area contributed by atoms with Crippen LogP contribution in [0.15, 0.2) is 54.6 Å². The van der Waals surface area contributed by atoms with Crippen LogP contribution in [0.3, 0.4) is 0 Å². The van der Waals surface area contributed by atoms with Gasteiger partial charge in [-0.15, -0.1) is 11.6 Å². The second kappa shape index (κ2) is 8.96. The number of hydrogen-bond acceptors (Lipinski definition) is 4. The monoisotopic (exact) mass is 332 g/mol. The van der Waals surface area contributed by atoms with Gasteiger partial charge in [0.05, 0.1) is 6.42 Å². The molecular weight excluding hydrogens is 316 g/mol. The summed E-state index contributed by atoms with van der Waals surface area (Å²) in [5, 5.41) is 0. The van der Waals surface area contributed by atoms with Crippen molar-refractivity contribution in [2.75, 3.05) is 19.1 Å². The van der Waals surface area contributed by atoms with E-state index in [4.69, 9.17) is 21.1 Å². The van der Waals surface area contributed by atoms with Crippen molar-refractivity contribution in [3.63, 3.8) is 0 Å². The van der Waals surface area contributed by atoms with Crippen molar-refractivity contribution in [3.8, 4) is 5.75 Å². The molecule has 23 heavy (non-hydrogen) atoms. The second-order valence-corrected chi connectivity index (χ2v) is 5.11. The van der Waals surface area contributed by atoms with Gasteiger partial charge in [0.15, 0.2) is 5.78 Å². The first-order valence-corrected chi connectivity index (χ1v) is 7.78. The lowest BCUT2D eigenvalue weighted by Gasteiger charge is -2.08.